The molecule has 10 nitrogen and oxygen atoms in total. The number of piperidine rings is 1. The maximum Gasteiger partial charge on any atom is 0.355 e. The molecule has 1 unspecified atom stereocenters. The van der Waals surface area contributed by atoms with Crippen molar-refractivity contribution < 1.29 is 33.8 Å². The molecule has 1 aliphatic heterocycles. The van der Waals surface area contributed by atoms with E-state index in [4.69, 9.17) is 4.74 Å². The summed E-state index contributed by atoms with van der Waals surface area (Å²) in [7, 11) is 1.96. The van der Waals surface area contributed by atoms with Crippen LogP contribution in [0.5, 0.6) is 0 Å². The SMILES string of the molecule is CCCC(=O)CCN(C(=O)[C@@H](CC(=O)C1CCCCN1C)[C@@H](C)CC)[C@H](C[C@@H](OC(C)=O)c1nc(C(=O)O)cs1)C(C)C. The van der Waals surface area contributed by atoms with Crippen LogP contribution in [0.2, 0.25) is 0 Å². The van der Waals surface area contributed by atoms with Crippen LogP contribution in [0.4, 0.5) is 0 Å². The first-order chi connectivity index (χ1) is 20.3. The van der Waals surface area contributed by atoms with Gasteiger partial charge < -0.3 is 14.7 Å². The smallest absolute Gasteiger partial charge is 0.355 e. The zero-order valence-electron chi connectivity index (χ0n) is 27.0. The van der Waals surface area contributed by atoms with Crippen molar-refractivity contribution in [1.29, 1.82) is 0 Å². The predicted octanol–water partition coefficient (Wildman–Crippen LogP) is 5.55. The number of likely N-dealkylation sites (N-methyl/N-ethyl adjacent to an activating group) is 1. The van der Waals surface area contributed by atoms with E-state index in [1.165, 1.54) is 12.3 Å². The van der Waals surface area contributed by atoms with E-state index in [0.717, 1.165) is 37.1 Å². The molecule has 0 aliphatic carbocycles. The Morgan fingerprint density at radius 3 is 2.37 bits per heavy atom. The van der Waals surface area contributed by atoms with Gasteiger partial charge in [-0.2, -0.15) is 0 Å². The molecule has 1 amide bonds. The van der Waals surface area contributed by atoms with Gasteiger partial charge >= 0.3 is 11.9 Å². The molecule has 0 spiro atoms. The number of carboxylic acid groups (broad SMARTS) is 1. The number of esters is 1. The van der Waals surface area contributed by atoms with Crippen LogP contribution < -0.4 is 0 Å². The molecule has 1 aromatic heterocycles. The number of rotatable bonds is 18. The Bertz CT molecular complexity index is 1100. The highest BCUT2D eigenvalue weighted by molar-refractivity contribution is 7.09. The molecular formula is C32H51N3O7S. The van der Waals surface area contributed by atoms with Gasteiger partial charge in [0.2, 0.25) is 5.91 Å². The van der Waals surface area contributed by atoms with E-state index in [-0.39, 0.29) is 66.9 Å². The number of hydrogen-bond donors (Lipinski definition) is 1. The summed E-state index contributed by atoms with van der Waals surface area (Å²) >= 11 is 1.09. The number of thiazole rings is 1. The molecule has 1 N–H and O–H groups in total. The van der Waals surface area contributed by atoms with Gasteiger partial charge in [0.1, 0.15) is 10.8 Å². The van der Waals surface area contributed by atoms with Gasteiger partial charge in [-0.25, -0.2) is 9.78 Å². The molecule has 1 aliphatic rings. The summed E-state index contributed by atoms with van der Waals surface area (Å²) in [5, 5.41) is 11.1. The lowest BCUT2D eigenvalue weighted by Crippen LogP contribution is -2.50. The van der Waals surface area contributed by atoms with Crippen LogP contribution in [0.25, 0.3) is 0 Å². The Hall–Kier alpha value is -2.66. The predicted molar refractivity (Wildman–Crippen MR) is 166 cm³/mol. The van der Waals surface area contributed by atoms with Crippen molar-refractivity contribution in [2.75, 3.05) is 20.1 Å². The lowest BCUT2D eigenvalue weighted by atomic mass is 9.82. The number of carbonyl (C=O) groups is 5. The van der Waals surface area contributed by atoms with Gasteiger partial charge in [0.25, 0.3) is 0 Å². The third kappa shape index (κ3) is 10.8. The highest BCUT2D eigenvalue weighted by Gasteiger charge is 2.39. The van der Waals surface area contributed by atoms with Crippen molar-refractivity contribution >= 4 is 40.7 Å². The summed E-state index contributed by atoms with van der Waals surface area (Å²) < 4.78 is 5.64. The summed E-state index contributed by atoms with van der Waals surface area (Å²) in [6, 6.07) is -0.655. The van der Waals surface area contributed by atoms with Crippen LogP contribution in [0.3, 0.4) is 0 Å². The van der Waals surface area contributed by atoms with Crippen molar-refractivity contribution in [3.8, 4) is 0 Å². The molecule has 242 valence electrons. The minimum Gasteiger partial charge on any atom is -0.476 e. The summed E-state index contributed by atoms with van der Waals surface area (Å²) in [6.45, 7) is 12.2. The van der Waals surface area contributed by atoms with Gasteiger partial charge in [0, 0.05) is 56.5 Å². The molecule has 11 heteroatoms. The quantitative estimate of drug-likeness (QED) is 0.209. The first kappa shape index (κ1) is 36.5. The van der Waals surface area contributed by atoms with Gasteiger partial charge in [0.05, 0.1) is 6.04 Å². The second kappa shape index (κ2) is 17.6. The number of hydrogen-bond acceptors (Lipinski definition) is 9. The first-order valence-electron chi connectivity index (χ1n) is 15.7. The van der Waals surface area contributed by atoms with E-state index in [2.05, 4.69) is 9.88 Å². The zero-order chi connectivity index (χ0) is 32.3. The molecule has 1 aromatic rings. The van der Waals surface area contributed by atoms with Crippen molar-refractivity contribution in [2.24, 2.45) is 17.8 Å². The van der Waals surface area contributed by atoms with Crippen LogP contribution in [-0.4, -0.2) is 81.5 Å². The zero-order valence-corrected chi connectivity index (χ0v) is 27.8. The highest BCUT2D eigenvalue weighted by Crippen LogP contribution is 2.33. The van der Waals surface area contributed by atoms with E-state index >= 15 is 0 Å². The van der Waals surface area contributed by atoms with Gasteiger partial charge in [-0.3, -0.25) is 24.1 Å². The third-order valence-corrected chi connectivity index (χ3v) is 9.54. The Morgan fingerprint density at radius 1 is 1.14 bits per heavy atom. The van der Waals surface area contributed by atoms with E-state index in [9.17, 15) is 29.1 Å². The fraction of sp³-hybridized carbons (Fsp3) is 0.750. The summed E-state index contributed by atoms with van der Waals surface area (Å²) in [5.41, 5.74) is -0.139. The lowest BCUT2D eigenvalue weighted by molar-refractivity contribution is -0.150. The number of amides is 1. The molecular weight excluding hydrogens is 570 g/mol. The minimum atomic E-state index is -1.18. The number of likely N-dealkylation sites (tertiary alicyclic amines) is 1. The van der Waals surface area contributed by atoms with E-state index < -0.39 is 30.0 Å². The van der Waals surface area contributed by atoms with Gasteiger partial charge in [-0.15, -0.1) is 11.3 Å². The Morgan fingerprint density at radius 2 is 1.84 bits per heavy atom. The average Bonchev–Trinajstić information content (AvgIpc) is 3.45. The number of carboxylic acids is 1. The van der Waals surface area contributed by atoms with Gasteiger partial charge in [0.15, 0.2) is 17.6 Å². The molecule has 0 radical (unpaired) electrons. The lowest BCUT2D eigenvalue weighted by Gasteiger charge is -2.40. The third-order valence-electron chi connectivity index (χ3n) is 8.60. The molecule has 0 aromatic carbocycles. The largest absolute Gasteiger partial charge is 0.476 e. The second-order valence-corrected chi connectivity index (χ2v) is 13.1. The Kier molecular flexibility index (Phi) is 14.9. The van der Waals surface area contributed by atoms with Crippen molar-refractivity contribution in [3.63, 3.8) is 0 Å². The first-order valence-corrected chi connectivity index (χ1v) is 16.6. The van der Waals surface area contributed by atoms with Crippen LogP contribution in [0.1, 0.15) is 121 Å². The molecule has 2 rings (SSSR count). The number of ether oxygens (including phenoxy) is 1. The summed E-state index contributed by atoms with van der Waals surface area (Å²) in [5.74, 6) is -2.47. The monoisotopic (exact) mass is 621 g/mol. The number of aromatic nitrogens is 1. The summed E-state index contributed by atoms with van der Waals surface area (Å²) in [6.07, 6.45) is 4.31. The minimum absolute atomic E-state index is 0.0605. The highest BCUT2D eigenvalue weighted by atomic mass is 32.1. The number of aromatic carboxylic acids is 1. The molecule has 0 saturated carbocycles. The average molecular weight is 622 g/mol. The fourth-order valence-electron chi connectivity index (χ4n) is 5.86. The van der Waals surface area contributed by atoms with Gasteiger partial charge in [-0.1, -0.05) is 47.5 Å². The molecule has 43 heavy (non-hydrogen) atoms. The normalized spacial score (nSPS) is 18.5. The summed E-state index contributed by atoms with van der Waals surface area (Å²) in [4.78, 5) is 72.4. The van der Waals surface area contributed by atoms with Crippen molar-refractivity contribution in [3.05, 3.63) is 16.1 Å². The number of carbonyl (C=O) groups excluding carboxylic acids is 4. The molecule has 1 fully saturated rings. The van der Waals surface area contributed by atoms with Crippen molar-refractivity contribution in [1.82, 2.24) is 14.8 Å². The van der Waals surface area contributed by atoms with Crippen LogP contribution in [0, 0.1) is 17.8 Å². The van der Waals surface area contributed by atoms with E-state index in [1.54, 1.807) is 4.90 Å². The molecule has 2 heterocycles. The molecule has 1 saturated heterocycles. The molecule has 0 bridgehead atoms. The van der Waals surface area contributed by atoms with E-state index in [0.29, 0.717) is 24.3 Å². The van der Waals surface area contributed by atoms with Crippen LogP contribution >= 0.6 is 11.3 Å². The van der Waals surface area contributed by atoms with E-state index in [1.807, 2.05) is 41.7 Å². The number of Topliss-reactive ketones (excluding diaryl/α,β-unsaturated/α-hetero) is 2. The fourth-order valence-corrected chi connectivity index (χ4v) is 6.70. The standard InChI is InChI=1S/C32H51N3O7S/c1-8-12-23(37)14-16-35(31(39)24(21(5)9-2)17-28(38)26-13-10-11-15-34(26)7)27(20(3)4)18-29(42-22(6)36)30-33-25(19-43-30)32(40)41/h19-21,24,26-27,29H,8-18H2,1-7H3,(H,40,41)/t21-,24-,26?,27+,29+/m0/s1. The maximum atomic E-state index is 14.5. The van der Waals surface area contributed by atoms with Crippen molar-refractivity contribution in [2.45, 2.75) is 118 Å². The number of nitrogens with zero attached hydrogens (tertiary/aromatic N) is 3. The maximum absolute atomic E-state index is 14.5. The van der Waals surface area contributed by atoms with Gasteiger partial charge in [-0.05, 0) is 44.7 Å². The Labute approximate surface area is 260 Å². The topological polar surface area (TPSA) is 134 Å². The molecule has 5 atom stereocenters. The Balaban J connectivity index is 2.48. The van der Waals surface area contributed by atoms with Crippen LogP contribution in [-0.2, 0) is 23.9 Å². The van der Waals surface area contributed by atoms with Crippen LogP contribution in [0.15, 0.2) is 5.38 Å². The second-order valence-electron chi connectivity index (χ2n) is 12.2. The number of ketones is 2.